The number of esters is 1. The largest absolute Gasteiger partial charge is 0.466 e. The topological polar surface area (TPSA) is 26.3 Å². The molecule has 1 atom stereocenters. The molecule has 0 bridgehead atoms. The molecule has 0 aliphatic carbocycles. The summed E-state index contributed by atoms with van der Waals surface area (Å²) in [4.78, 5) is 11.1. The molecule has 0 spiro atoms. The van der Waals surface area contributed by atoms with Crippen molar-refractivity contribution in [3.63, 3.8) is 0 Å². The first-order valence-electron chi connectivity index (χ1n) is 4.23. The fourth-order valence-corrected chi connectivity index (χ4v) is 1.59. The summed E-state index contributed by atoms with van der Waals surface area (Å²) >= 11 is 3.20. The highest BCUT2D eigenvalue weighted by Crippen LogP contribution is 2.31. The maximum atomic E-state index is 13.8. The molecule has 0 saturated heterocycles. The van der Waals surface area contributed by atoms with Gasteiger partial charge in [-0.1, -0.05) is 40.7 Å². The van der Waals surface area contributed by atoms with E-state index >= 15 is 0 Å². The van der Waals surface area contributed by atoms with Crippen LogP contribution in [0.15, 0.2) is 40.9 Å². The maximum Gasteiger partial charge on any atom is 0.336 e. The van der Waals surface area contributed by atoms with Gasteiger partial charge in [0.2, 0.25) is 0 Å². The average molecular weight is 273 g/mol. The fraction of sp³-hybridized carbons (Fsp3) is 0.182. The average Bonchev–Trinajstić information content (AvgIpc) is 2.26. The number of alkyl halides is 1. The SMILES string of the molecule is C=C(C(=O)OC)C(F)c1ccccc1Br. The Morgan fingerprint density at radius 1 is 1.53 bits per heavy atom. The first kappa shape index (κ1) is 11.9. The van der Waals surface area contributed by atoms with Crippen molar-refractivity contribution < 1.29 is 13.9 Å². The third kappa shape index (κ3) is 2.65. The van der Waals surface area contributed by atoms with Gasteiger partial charge < -0.3 is 4.74 Å². The number of hydrogen-bond acceptors (Lipinski definition) is 2. The minimum Gasteiger partial charge on any atom is -0.466 e. The Hall–Kier alpha value is -1.16. The molecule has 4 heteroatoms. The predicted octanol–water partition coefficient (Wildman–Crippen LogP) is 3.19. The molecule has 0 fully saturated rings. The van der Waals surface area contributed by atoms with Gasteiger partial charge in [0.1, 0.15) is 0 Å². The lowest BCUT2D eigenvalue weighted by Gasteiger charge is -2.11. The molecule has 0 aliphatic heterocycles. The Kier molecular flexibility index (Phi) is 4.03. The van der Waals surface area contributed by atoms with Gasteiger partial charge in [-0.2, -0.15) is 0 Å². The van der Waals surface area contributed by atoms with Crippen LogP contribution in [-0.4, -0.2) is 13.1 Å². The quantitative estimate of drug-likeness (QED) is 0.624. The zero-order chi connectivity index (χ0) is 11.4. The lowest BCUT2D eigenvalue weighted by atomic mass is 10.0. The van der Waals surface area contributed by atoms with Gasteiger partial charge in [-0.15, -0.1) is 0 Å². The highest BCUT2D eigenvalue weighted by Gasteiger charge is 2.22. The van der Waals surface area contributed by atoms with Gasteiger partial charge in [-0.05, 0) is 6.07 Å². The zero-order valence-corrected chi connectivity index (χ0v) is 9.75. The number of ether oxygens (including phenoxy) is 1. The molecule has 0 radical (unpaired) electrons. The fourth-order valence-electron chi connectivity index (χ4n) is 1.10. The van der Waals surface area contributed by atoms with Gasteiger partial charge in [0.15, 0.2) is 6.17 Å². The normalized spacial score (nSPS) is 11.9. The van der Waals surface area contributed by atoms with Crippen molar-refractivity contribution in [3.8, 4) is 0 Å². The summed E-state index contributed by atoms with van der Waals surface area (Å²) in [5, 5.41) is 0. The van der Waals surface area contributed by atoms with Crippen LogP contribution in [-0.2, 0) is 9.53 Å². The predicted molar refractivity (Wildman–Crippen MR) is 59.1 cm³/mol. The first-order valence-corrected chi connectivity index (χ1v) is 5.02. The molecule has 1 rings (SSSR count). The first-order chi connectivity index (χ1) is 7.07. The summed E-state index contributed by atoms with van der Waals surface area (Å²) in [6, 6.07) is 6.74. The number of carbonyl (C=O) groups excluding carboxylic acids is 1. The van der Waals surface area contributed by atoms with Crippen LogP contribution in [0.1, 0.15) is 11.7 Å². The molecule has 0 amide bonds. The highest BCUT2D eigenvalue weighted by molar-refractivity contribution is 9.10. The minimum atomic E-state index is -1.55. The van der Waals surface area contributed by atoms with E-state index < -0.39 is 12.1 Å². The van der Waals surface area contributed by atoms with Crippen LogP contribution in [0.4, 0.5) is 4.39 Å². The van der Waals surface area contributed by atoms with Crippen molar-refractivity contribution in [2.75, 3.05) is 7.11 Å². The summed E-state index contributed by atoms with van der Waals surface area (Å²) in [5.41, 5.74) is 0.164. The molecule has 0 N–H and O–H groups in total. The number of rotatable bonds is 3. The van der Waals surface area contributed by atoms with Crippen molar-refractivity contribution in [2.24, 2.45) is 0 Å². The zero-order valence-electron chi connectivity index (χ0n) is 8.17. The monoisotopic (exact) mass is 272 g/mol. The Morgan fingerprint density at radius 2 is 2.13 bits per heavy atom. The molecular weight excluding hydrogens is 263 g/mol. The lowest BCUT2D eigenvalue weighted by molar-refractivity contribution is -0.136. The van der Waals surface area contributed by atoms with Crippen LogP contribution in [0, 0.1) is 0 Å². The van der Waals surface area contributed by atoms with E-state index in [1.165, 1.54) is 7.11 Å². The van der Waals surface area contributed by atoms with E-state index in [2.05, 4.69) is 27.2 Å². The van der Waals surface area contributed by atoms with Crippen LogP contribution in [0.5, 0.6) is 0 Å². The third-order valence-corrected chi connectivity index (χ3v) is 2.65. The standard InChI is InChI=1S/C11H10BrFO2/c1-7(11(14)15-2)10(13)8-5-3-4-6-9(8)12/h3-6,10H,1H2,2H3. The van der Waals surface area contributed by atoms with E-state index in [-0.39, 0.29) is 5.57 Å². The molecule has 15 heavy (non-hydrogen) atoms. The van der Waals surface area contributed by atoms with Crippen molar-refractivity contribution in [2.45, 2.75) is 6.17 Å². The molecule has 0 aliphatic rings. The van der Waals surface area contributed by atoms with E-state index in [1.54, 1.807) is 24.3 Å². The van der Waals surface area contributed by atoms with Crippen molar-refractivity contribution in [3.05, 3.63) is 46.5 Å². The summed E-state index contributed by atoms with van der Waals surface area (Å²) in [6.07, 6.45) is -1.55. The number of benzene rings is 1. The van der Waals surface area contributed by atoms with Gasteiger partial charge >= 0.3 is 5.97 Å². The third-order valence-electron chi connectivity index (χ3n) is 1.93. The van der Waals surface area contributed by atoms with Gasteiger partial charge in [-0.3, -0.25) is 0 Å². The van der Waals surface area contributed by atoms with Crippen LogP contribution in [0.3, 0.4) is 0 Å². The summed E-state index contributed by atoms with van der Waals surface area (Å²) < 4.78 is 18.8. The molecule has 0 heterocycles. The molecule has 2 nitrogen and oxygen atoms in total. The minimum absolute atomic E-state index is 0.204. The molecule has 80 valence electrons. The summed E-state index contributed by atoms with van der Waals surface area (Å²) in [6.45, 7) is 3.37. The Morgan fingerprint density at radius 3 is 2.67 bits per heavy atom. The Balaban J connectivity index is 2.95. The van der Waals surface area contributed by atoms with Crippen molar-refractivity contribution >= 4 is 21.9 Å². The highest BCUT2D eigenvalue weighted by atomic mass is 79.9. The second-order valence-electron chi connectivity index (χ2n) is 2.90. The van der Waals surface area contributed by atoms with E-state index in [9.17, 15) is 9.18 Å². The van der Waals surface area contributed by atoms with Crippen LogP contribution in [0.25, 0.3) is 0 Å². The van der Waals surface area contributed by atoms with Gasteiger partial charge in [-0.25, -0.2) is 9.18 Å². The van der Waals surface area contributed by atoms with E-state index in [0.717, 1.165) is 0 Å². The van der Waals surface area contributed by atoms with Crippen LogP contribution in [0.2, 0.25) is 0 Å². The smallest absolute Gasteiger partial charge is 0.336 e. The number of methoxy groups -OCH3 is 1. The van der Waals surface area contributed by atoms with Crippen molar-refractivity contribution in [1.29, 1.82) is 0 Å². The van der Waals surface area contributed by atoms with E-state index in [0.29, 0.717) is 10.0 Å². The lowest BCUT2D eigenvalue weighted by Crippen LogP contribution is -2.09. The molecule has 0 aromatic heterocycles. The number of halogens is 2. The molecule has 0 saturated carbocycles. The van der Waals surface area contributed by atoms with Crippen LogP contribution < -0.4 is 0 Å². The summed E-state index contributed by atoms with van der Waals surface area (Å²) in [5.74, 6) is -0.738. The van der Waals surface area contributed by atoms with Gasteiger partial charge in [0.05, 0.1) is 12.7 Å². The Bertz CT molecular complexity index is 390. The van der Waals surface area contributed by atoms with Gasteiger partial charge in [0.25, 0.3) is 0 Å². The second kappa shape index (κ2) is 5.07. The molecular formula is C11H10BrFO2. The second-order valence-corrected chi connectivity index (χ2v) is 3.76. The van der Waals surface area contributed by atoms with Crippen LogP contribution >= 0.6 is 15.9 Å². The molecule has 1 unspecified atom stereocenters. The number of hydrogen-bond donors (Lipinski definition) is 0. The van der Waals surface area contributed by atoms with E-state index in [1.807, 2.05) is 0 Å². The molecule has 1 aromatic rings. The number of carbonyl (C=O) groups is 1. The maximum absolute atomic E-state index is 13.8. The van der Waals surface area contributed by atoms with Crippen molar-refractivity contribution in [1.82, 2.24) is 0 Å². The van der Waals surface area contributed by atoms with E-state index in [4.69, 9.17) is 0 Å². The molecule has 1 aromatic carbocycles. The summed E-state index contributed by atoms with van der Waals surface area (Å²) in [7, 11) is 1.19. The van der Waals surface area contributed by atoms with Gasteiger partial charge in [0, 0.05) is 10.0 Å². The Labute approximate surface area is 95.9 Å².